The second kappa shape index (κ2) is 8.36. The van der Waals surface area contributed by atoms with Crippen LogP contribution >= 0.6 is 11.6 Å². The first kappa shape index (κ1) is 20.1. The number of nitrogens with zero attached hydrogens (tertiary/aromatic N) is 2. The number of hydrogen-bond donors (Lipinski definition) is 1. The molecule has 0 aliphatic heterocycles. The molecule has 158 valence electrons. The van der Waals surface area contributed by atoms with Crippen molar-refractivity contribution in [3.8, 4) is 39.3 Å². The van der Waals surface area contributed by atoms with E-state index in [1.807, 2.05) is 84.9 Å². The van der Waals surface area contributed by atoms with E-state index in [1.54, 1.807) is 7.11 Å². The zero-order chi connectivity index (χ0) is 22.1. The molecule has 0 fully saturated rings. The van der Waals surface area contributed by atoms with E-state index in [0.29, 0.717) is 16.9 Å². The van der Waals surface area contributed by atoms with Crippen LogP contribution in [0.3, 0.4) is 0 Å². The van der Waals surface area contributed by atoms with E-state index in [2.05, 4.69) is 4.98 Å². The van der Waals surface area contributed by atoms with Crippen molar-refractivity contribution in [1.82, 2.24) is 14.6 Å². The Morgan fingerprint density at radius 3 is 2.03 bits per heavy atom. The maximum absolute atomic E-state index is 13.7. The van der Waals surface area contributed by atoms with Gasteiger partial charge in [0.1, 0.15) is 17.1 Å². The maximum Gasteiger partial charge on any atom is 0.282 e. The summed E-state index contributed by atoms with van der Waals surface area (Å²) in [6, 6.07) is 27.2. The number of halogens is 1. The van der Waals surface area contributed by atoms with Gasteiger partial charge in [0.15, 0.2) is 0 Å². The third kappa shape index (κ3) is 3.37. The highest BCUT2D eigenvalue weighted by atomic mass is 35.5. The summed E-state index contributed by atoms with van der Waals surface area (Å²) in [6.07, 6.45) is 0. The van der Waals surface area contributed by atoms with Gasteiger partial charge in [-0.1, -0.05) is 72.8 Å². The highest BCUT2D eigenvalue weighted by Gasteiger charge is 2.22. The first-order valence-corrected chi connectivity index (χ1v) is 10.7. The number of aromatic amines is 1. The molecule has 5 nitrogen and oxygen atoms in total. The number of nitrogens with one attached hydrogen (secondary N) is 1. The molecule has 1 N–H and O–H groups in total. The van der Waals surface area contributed by atoms with Crippen LogP contribution in [0.5, 0.6) is 5.75 Å². The van der Waals surface area contributed by atoms with Crippen LogP contribution < -0.4 is 10.3 Å². The molecule has 0 aliphatic carbocycles. The highest BCUT2D eigenvalue weighted by molar-refractivity contribution is 6.17. The average Bonchev–Trinajstić information content (AvgIpc) is 3.25. The zero-order valence-corrected chi connectivity index (χ0v) is 18.1. The maximum atomic E-state index is 13.7. The van der Waals surface area contributed by atoms with Crippen molar-refractivity contribution in [1.29, 1.82) is 0 Å². The molecular formula is C26H20ClN3O2. The predicted octanol–water partition coefficient (Wildman–Crippen LogP) is 5.77. The third-order valence-corrected chi connectivity index (χ3v) is 5.75. The molecule has 6 heteroatoms. The lowest BCUT2D eigenvalue weighted by atomic mass is 10.0. The second-order valence-electron chi connectivity index (χ2n) is 7.36. The van der Waals surface area contributed by atoms with Gasteiger partial charge >= 0.3 is 0 Å². The van der Waals surface area contributed by atoms with E-state index in [0.717, 1.165) is 33.7 Å². The van der Waals surface area contributed by atoms with E-state index >= 15 is 0 Å². The summed E-state index contributed by atoms with van der Waals surface area (Å²) in [6.45, 7) is 0. The molecule has 0 atom stereocenters. The van der Waals surface area contributed by atoms with Crippen molar-refractivity contribution in [3.63, 3.8) is 0 Å². The number of benzene rings is 3. The van der Waals surface area contributed by atoms with Crippen LogP contribution in [-0.4, -0.2) is 21.7 Å². The normalized spacial score (nSPS) is 11.1. The minimum absolute atomic E-state index is 0.160. The Morgan fingerprint density at radius 2 is 1.44 bits per heavy atom. The highest BCUT2D eigenvalue weighted by Crippen LogP contribution is 2.35. The van der Waals surface area contributed by atoms with Crippen molar-refractivity contribution in [2.45, 2.75) is 5.88 Å². The Morgan fingerprint density at radius 1 is 0.844 bits per heavy atom. The first-order valence-electron chi connectivity index (χ1n) is 10.2. The molecule has 0 aliphatic rings. The summed E-state index contributed by atoms with van der Waals surface area (Å²) in [4.78, 5) is 17.1. The van der Waals surface area contributed by atoms with Gasteiger partial charge in [-0.2, -0.15) is 9.61 Å². The number of alkyl halides is 1. The molecule has 2 aromatic heterocycles. The van der Waals surface area contributed by atoms with E-state index in [1.165, 1.54) is 4.52 Å². The molecule has 5 aromatic rings. The molecule has 0 saturated heterocycles. The van der Waals surface area contributed by atoms with Crippen LogP contribution in [0.25, 0.3) is 39.2 Å². The number of aromatic nitrogens is 3. The topological polar surface area (TPSA) is 59.4 Å². The van der Waals surface area contributed by atoms with Crippen LogP contribution in [0.4, 0.5) is 0 Å². The predicted molar refractivity (Wildman–Crippen MR) is 128 cm³/mol. The van der Waals surface area contributed by atoms with Crippen molar-refractivity contribution in [2.24, 2.45) is 0 Å². The Balaban J connectivity index is 1.84. The van der Waals surface area contributed by atoms with Gasteiger partial charge < -0.3 is 9.72 Å². The lowest BCUT2D eigenvalue weighted by Crippen LogP contribution is -2.20. The van der Waals surface area contributed by atoms with Gasteiger partial charge in [0.05, 0.1) is 24.1 Å². The summed E-state index contributed by atoms with van der Waals surface area (Å²) >= 11 is 6.31. The molecule has 0 amide bonds. The van der Waals surface area contributed by atoms with Crippen molar-refractivity contribution in [3.05, 3.63) is 101 Å². The molecule has 3 aromatic carbocycles. The number of ether oxygens (including phenoxy) is 1. The number of rotatable bonds is 5. The summed E-state index contributed by atoms with van der Waals surface area (Å²) in [5, 5.41) is 4.76. The Labute approximate surface area is 189 Å². The van der Waals surface area contributed by atoms with Crippen molar-refractivity contribution >= 4 is 17.2 Å². The monoisotopic (exact) mass is 441 g/mol. The molecular weight excluding hydrogens is 422 g/mol. The van der Waals surface area contributed by atoms with Crippen molar-refractivity contribution < 1.29 is 4.74 Å². The summed E-state index contributed by atoms with van der Waals surface area (Å²) in [5.41, 5.74) is 5.78. The molecule has 0 spiro atoms. The Hall–Kier alpha value is -3.83. The largest absolute Gasteiger partial charge is 0.497 e. The summed E-state index contributed by atoms with van der Waals surface area (Å²) in [7, 11) is 1.61. The number of fused-ring (bicyclic) bond motifs is 1. The molecule has 0 saturated carbocycles. The Kier molecular flexibility index (Phi) is 5.25. The quantitative estimate of drug-likeness (QED) is 0.352. The average molecular weight is 442 g/mol. The van der Waals surface area contributed by atoms with E-state index in [4.69, 9.17) is 21.4 Å². The Bertz CT molecular complexity index is 1440. The van der Waals surface area contributed by atoms with Gasteiger partial charge in [0, 0.05) is 11.3 Å². The fraction of sp³-hybridized carbons (Fsp3) is 0.0769. The van der Waals surface area contributed by atoms with Crippen LogP contribution in [0.2, 0.25) is 0 Å². The van der Waals surface area contributed by atoms with Gasteiger partial charge in [0.2, 0.25) is 0 Å². The van der Waals surface area contributed by atoms with Crippen LogP contribution in [0, 0.1) is 0 Å². The SMILES string of the molecule is COc1ccc(-c2c(CCl)[nH]c3c(-c4ccccc4)c(-c4ccccc4)nn3c2=O)cc1. The molecule has 0 bridgehead atoms. The molecule has 2 heterocycles. The van der Waals surface area contributed by atoms with Crippen molar-refractivity contribution in [2.75, 3.05) is 7.11 Å². The lowest BCUT2D eigenvalue weighted by molar-refractivity contribution is 0.415. The molecule has 32 heavy (non-hydrogen) atoms. The molecule has 5 rings (SSSR count). The van der Waals surface area contributed by atoms with Crippen LogP contribution in [0.1, 0.15) is 5.69 Å². The first-order chi connectivity index (χ1) is 15.7. The van der Waals surface area contributed by atoms with Gasteiger partial charge in [-0.15, -0.1) is 11.6 Å². The van der Waals surface area contributed by atoms with Gasteiger partial charge in [-0.25, -0.2) is 0 Å². The van der Waals surface area contributed by atoms with Gasteiger partial charge in [-0.05, 0) is 23.3 Å². The minimum Gasteiger partial charge on any atom is -0.497 e. The van der Waals surface area contributed by atoms with Gasteiger partial charge in [-0.3, -0.25) is 4.79 Å². The van der Waals surface area contributed by atoms with E-state index < -0.39 is 0 Å². The van der Waals surface area contributed by atoms with E-state index in [9.17, 15) is 4.79 Å². The van der Waals surface area contributed by atoms with Gasteiger partial charge in [0.25, 0.3) is 5.56 Å². The zero-order valence-electron chi connectivity index (χ0n) is 17.4. The minimum atomic E-state index is -0.223. The van der Waals surface area contributed by atoms with E-state index in [-0.39, 0.29) is 11.4 Å². The third-order valence-electron chi connectivity index (χ3n) is 5.48. The summed E-state index contributed by atoms with van der Waals surface area (Å²) < 4.78 is 6.69. The molecule has 0 radical (unpaired) electrons. The summed E-state index contributed by atoms with van der Waals surface area (Å²) in [5.74, 6) is 0.878. The smallest absolute Gasteiger partial charge is 0.282 e. The number of H-pyrrole nitrogens is 1. The number of hydrogen-bond acceptors (Lipinski definition) is 3. The fourth-order valence-electron chi connectivity index (χ4n) is 3.95. The lowest BCUT2D eigenvalue weighted by Gasteiger charge is -2.10. The fourth-order valence-corrected chi connectivity index (χ4v) is 4.15. The van der Waals surface area contributed by atoms with Crippen LogP contribution in [0.15, 0.2) is 89.7 Å². The molecule has 0 unspecified atom stereocenters. The number of methoxy groups -OCH3 is 1. The standard InChI is InChI=1S/C26H20ClN3O2/c1-32-20-14-12-18(13-15-20)22-21(16-27)28-25-23(17-8-4-2-5-9-17)24(29-30(25)26(22)31)19-10-6-3-7-11-19/h2-15,28H,16H2,1H3. The van der Waals surface area contributed by atoms with Crippen LogP contribution in [-0.2, 0) is 5.88 Å². The second-order valence-corrected chi connectivity index (χ2v) is 7.63.